The fourth-order valence-electron chi connectivity index (χ4n) is 2.41. The summed E-state index contributed by atoms with van der Waals surface area (Å²) in [6.07, 6.45) is 2.74. The number of hydrogen-bond acceptors (Lipinski definition) is 5. The largest absolute Gasteiger partial charge is 0.375 e. The van der Waals surface area contributed by atoms with Crippen molar-refractivity contribution in [3.05, 3.63) is 11.1 Å². The lowest BCUT2D eigenvalue weighted by Gasteiger charge is -2.22. The number of amides is 1. The van der Waals surface area contributed by atoms with Gasteiger partial charge < -0.3 is 11.1 Å². The number of nitrogens with one attached hydrogen (secondary N) is 1. The molecule has 1 aliphatic rings. The van der Waals surface area contributed by atoms with Gasteiger partial charge in [0, 0.05) is 18.0 Å². The number of hydrogen-bond donors (Lipinski definition) is 2. The van der Waals surface area contributed by atoms with Crippen molar-refractivity contribution in [3.63, 3.8) is 0 Å². The maximum absolute atomic E-state index is 11.8. The van der Waals surface area contributed by atoms with Crippen LogP contribution in [-0.2, 0) is 11.2 Å². The van der Waals surface area contributed by atoms with Crippen molar-refractivity contribution in [3.8, 4) is 0 Å². The Bertz CT molecular complexity index is 407. The first-order valence-corrected chi connectivity index (χ1v) is 7.27. The van der Waals surface area contributed by atoms with Gasteiger partial charge in [-0.05, 0) is 25.9 Å². The highest BCUT2D eigenvalue weighted by molar-refractivity contribution is 7.13. The summed E-state index contributed by atoms with van der Waals surface area (Å²) >= 11 is 1.37. The number of nitrogen functional groups attached to an aromatic ring is 1. The van der Waals surface area contributed by atoms with E-state index < -0.39 is 0 Å². The number of likely N-dealkylation sites (tertiary alicyclic amines) is 1. The second kappa shape index (κ2) is 6.15. The van der Waals surface area contributed by atoms with E-state index in [1.807, 2.05) is 5.38 Å². The zero-order valence-electron chi connectivity index (χ0n) is 10.7. The molecule has 2 rings (SSSR count). The molecule has 1 aromatic heterocycles. The van der Waals surface area contributed by atoms with Crippen LogP contribution in [0.1, 0.15) is 25.5 Å². The smallest absolute Gasteiger partial charge is 0.226 e. The molecule has 0 saturated carbocycles. The van der Waals surface area contributed by atoms with Gasteiger partial charge in [0.25, 0.3) is 0 Å². The van der Waals surface area contributed by atoms with Gasteiger partial charge in [-0.25, -0.2) is 4.98 Å². The minimum atomic E-state index is 0.0308. The second-order valence-corrected chi connectivity index (χ2v) is 5.47. The summed E-state index contributed by atoms with van der Waals surface area (Å²) in [5.74, 6) is 0.0308. The average molecular weight is 268 g/mol. The van der Waals surface area contributed by atoms with Crippen LogP contribution < -0.4 is 11.1 Å². The predicted octanol–water partition coefficient (Wildman–Crippen LogP) is 0.868. The molecule has 1 unspecified atom stereocenters. The Kier molecular flexibility index (Phi) is 4.54. The molecule has 0 aliphatic carbocycles. The molecule has 1 fully saturated rings. The van der Waals surface area contributed by atoms with E-state index in [0.717, 1.165) is 25.3 Å². The highest BCUT2D eigenvalue weighted by Gasteiger charge is 2.23. The summed E-state index contributed by atoms with van der Waals surface area (Å²) in [4.78, 5) is 18.3. The van der Waals surface area contributed by atoms with E-state index in [1.54, 1.807) is 0 Å². The number of rotatable bonds is 5. The van der Waals surface area contributed by atoms with E-state index in [2.05, 4.69) is 22.1 Å². The number of anilines is 1. The van der Waals surface area contributed by atoms with Gasteiger partial charge in [-0.15, -0.1) is 11.3 Å². The molecule has 2 heterocycles. The standard InChI is InChI=1S/C12H20N4OS/c1-2-16-5-3-4-10(16)7-14-11(17)6-9-8-18-12(13)15-9/h8,10H,2-7H2,1H3,(H2,13,15)(H,14,17). The topological polar surface area (TPSA) is 71.2 Å². The van der Waals surface area contributed by atoms with Crippen molar-refractivity contribution in [1.82, 2.24) is 15.2 Å². The molecule has 0 aromatic carbocycles. The van der Waals surface area contributed by atoms with Crippen LogP contribution >= 0.6 is 11.3 Å². The summed E-state index contributed by atoms with van der Waals surface area (Å²) in [5, 5.41) is 5.35. The monoisotopic (exact) mass is 268 g/mol. The van der Waals surface area contributed by atoms with Crippen molar-refractivity contribution in [2.45, 2.75) is 32.2 Å². The lowest BCUT2D eigenvalue weighted by molar-refractivity contribution is -0.120. The Morgan fingerprint density at radius 1 is 1.72 bits per heavy atom. The average Bonchev–Trinajstić information content (AvgIpc) is 2.95. The Balaban J connectivity index is 1.74. The molecule has 0 bridgehead atoms. The molecule has 18 heavy (non-hydrogen) atoms. The van der Waals surface area contributed by atoms with Gasteiger partial charge >= 0.3 is 0 Å². The Morgan fingerprint density at radius 3 is 3.22 bits per heavy atom. The molecular weight excluding hydrogens is 248 g/mol. The summed E-state index contributed by atoms with van der Waals surface area (Å²) in [6, 6.07) is 0.499. The zero-order chi connectivity index (χ0) is 13.0. The number of nitrogens with zero attached hydrogens (tertiary/aromatic N) is 2. The number of carbonyl (C=O) groups excluding carboxylic acids is 1. The van der Waals surface area contributed by atoms with E-state index in [0.29, 0.717) is 17.6 Å². The second-order valence-electron chi connectivity index (χ2n) is 4.58. The number of thiazole rings is 1. The predicted molar refractivity (Wildman–Crippen MR) is 73.5 cm³/mol. The summed E-state index contributed by atoms with van der Waals surface area (Å²) in [6.45, 7) is 5.12. The SMILES string of the molecule is CCN1CCCC1CNC(=O)Cc1csc(N)n1. The maximum Gasteiger partial charge on any atom is 0.226 e. The van der Waals surface area contributed by atoms with E-state index in [1.165, 1.54) is 24.2 Å². The van der Waals surface area contributed by atoms with Gasteiger partial charge in [0.15, 0.2) is 5.13 Å². The number of carbonyl (C=O) groups is 1. The van der Waals surface area contributed by atoms with Gasteiger partial charge in [-0.2, -0.15) is 0 Å². The van der Waals surface area contributed by atoms with Crippen molar-refractivity contribution in [1.29, 1.82) is 0 Å². The van der Waals surface area contributed by atoms with Gasteiger partial charge in [-0.3, -0.25) is 9.69 Å². The maximum atomic E-state index is 11.8. The molecule has 1 aliphatic heterocycles. The Morgan fingerprint density at radius 2 is 2.56 bits per heavy atom. The molecule has 1 amide bonds. The van der Waals surface area contributed by atoms with Crippen LogP contribution in [0.4, 0.5) is 5.13 Å². The molecule has 6 heteroatoms. The van der Waals surface area contributed by atoms with Crippen LogP contribution in [0.5, 0.6) is 0 Å². The first-order valence-electron chi connectivity index (χ1n) is 6.39. The van der Waals surface area contributed by atoms with Crippen molar-refractivity contribution < 1.29 is 4.79 Å². The van der Waals surface area contributed by atoms with Crippen LogP contribution in [-0.4, -0.2) is 41.5 Å². The van der Waals surface area contributed by atoms with Crippen molar-refractivity contribution >= 4 is 22.4 Å². The molecule has 100 valence electrons. The summed E-state index contributed by atoms with van der Waals surface area (Å²) in [7, 11) is 0. The molecule has 0 radical (unpaired) electrons. The molecule has 5 nitrogen and oxygen atoms in total. The number of aromatic nitrogens is 1. The summed E-state index contributed by atoms with van der Waals surface area (Å²) in [5.41, 5.74) is 6.29. The van der Waals surface area contributed by atoms with Crippen molar-refractivity contribution in [2.24, 2.45) is 0 Å². The quantitative estimate of drug-likeness (QED) is 0.831. The van der Waals surface area contributed by atoms with Gasteiger partial charge in [0.2, 0.25) is 5.91 Å². The highest BCUT2D eigenvalue weighted by atomic mass is 32.1. The molecule has 1 atom stereocenters. The molecule has 3 N–H and O–H groups in total. The van der Waals surface area contributed by atoms with Gasteiger partial charge in [0.05, 0.1) is 12.1 Å². The minimum absolute atomic E-state index is 0.0308. The first-order chi connectivity index (χ1) is 8.69. The minimum Gasteiger partial charge on any atom is -0.375 e. The lowest BCUT2D eigenvalue weighted by atomic mass is 10.2. The molecule has 1 aromatic rings. The van der Waals surface area contributed by atoms with Crippen LogP contribution in [0, 0.1) is 0 Å². The Labute approximate surface area is 111 Å². The zero-order valence-corrected chi connectivity index (χ0v) is 11.5. The Hall–Kier alpha value is -1.14. The third kappa shape index (κ3) is 3.43. The number of likely N-dealkylation sites (N-methyl/N-ethyl adjacent to an activating group) is 1. The van der Waals surface area contributed by atoms with E-state index in [-0.39, 0.29) is 5.91 Å². The fraction of sp³-hybridized carbons (Fsp3) is 0.667. The third-order valence-corrected chi connectivity index (χ3v) is 4.07. The van der Waals surface area contributed by atoms with Crippen LogP contribution in [0.25, 0.3) is 0 Å². The summed E-state index contributed by atoms with van der Waals surface area (Å²) < 4.78 is 0. The van der Waals surface area contributed by atoms with E-state index in [4.69, 9.17) is 5.73 Å². The van der Waals surface area contributed by atoms with Crippen molar-refractivity contribution in [2.75, 3.05) is 25.4 Å². The number of nitrogens with two attached hydrogens (primary N) is 1. The first kappa shape index (κ1) is 13.3. The molecular formula is C12H20N4OS. The van der Waals surface area contributed by atoms with E-state index in [9.17, 15) is 4.79 Å². The van der Waals surface area contributed by atoms with E-state index >= 15 is 0 Å². The van der Waals surface area contributed by atoms with Crippen LogP contribution in [0.2, 0.25) is 0 Å². The molecule has 0 spiro atoms. The van der Waals surface area contributed by atoms with Gasteiger partial charge in [0.1, 0.15) is 0 Å². The fourth-order valence-corrected chi connectivity index (χ4v) is 2.97. The highest BCUT2D eigenvalue weighted by Crippen LogP contribution is 2.15. The third-order valence-electron chi connectivity index (χ3n) is 3.35. The van der Waals surface area contributed by atoms with Crippen LogP contribution in [0.15, 0.2) is 5.38 Å². The lowest BCUT2D eigenvalue weighted by Crippen LogP contribution is -2.40. The van der Waals surface area contributed by atoms with Gasteiger partial charge in [-0.1, -0.05) is 6.92 Å². The van der Waals surface area contributed by atoms with Crippen LogP contribution in [0.3, 0.4) is 0 Å². The normalized spacial score (nSPS) is 20.2. The molecule has 1 saturated heterocycles.